The molecule has 4 nitrogen and oxygen atoms in total. The van der Waals surface area contributed by atoms with Crippen LogP contribution in [0.5, 0.6) is 0 Å². The minimum absolute atomic E-state index is 0.152. The lowest BCUT2D eigenvalue weighted by Gasteiger charge is -2.25. The Morgan fingerprint density at radius 1 is 0.606 bits per heavy atom. The van der Waals surface area contributed by atoms with Crippen molar-refractivity contribution in [3.05, 3.63) is 71.3 Å². The van der Waals surface area contributed by atoms with Crippen LogP contribution in [0.2, 0.25) is 0 Å². The van der Waals surface area contributed by atoms with Crippen molar-refractivity contribution in [2.75, 3.05) is 49.2 Å². The molecule has 3 aromatic carbocycles. The molecule has 0 saturated heterocycles. The van der Waals surface area contributed by atoms with Gasteiger partial charge in [-0.15, -0.1) is 0 Å². The molecule has 33 heavy (non-hydrogen) atoms. The standard InChI is InChI=1S/C29H38N2O2/c1-6-30(15-17-32)24-11-13-26(22(4)19-24)28-10-8-9-21(3)29(28)27-14-12-25(20-23(27)5)31(7-2)16-18-33/h8-14,19-20,32-33H,6-7,15-18H2,1-5H3. The zero-order valence-corrected chi connectivity index (χ0v) is 20.7. The van der Waals surface area contributed by atoms with Crippen LogP contribution in [-0.2, 0) is 0 Å². The first-order valence-corrected chi connectivity index (χ1v) is 12.0. The van der Waals surface area contributed by atoms with Crippen LogP contribution in [0, 0.1) is 20.8 Å². The second kappa shape index (κ2) is 11.4. The van der Waals surface area contributed by atoms with Gasteiger partial charge in [0.05, 0.1) is 13.2 Å². The van der Waals surface area contributed by atoms with E-state index in [0.717, 1.165) is 24.5 Å². The maximum atomic E-state index is 9.40. The van der Waals surface area contributed by atoms with Crippen molar-refractivity contribution in [1.82, 2.24) is 0 Å². The van der Waals surface area contributed by atoms with E-state index in [1.807, 2.05) is 0 Å². The number of likely N-dealkylation sites (N-methyl/N-ethyl adjacent to an activating group) is 2. The van der Waals surface area contributed by atoms with Gasteiger partial charge in [-0.05, 0) is 97.8 Å². The molecule has 2 N–H and O–H groups in total. The summed E-state index contributed by atoms with van der Waals surface area (Å²) >= 11 is 0. The second-order valence-electron chi connectivity index (χ2n) is 8.60. The van der Waals surface area contributed by atoms with Crippen LogP contribution in [0.25, 0.3) is 22.3 Å². The summed E-state index contributed by atoms with van der Waals surface area (Å²) in [6.45, 7) is 14.1. The van der Waals surface area contributed by atoms with Crippen LogP contribution in [0.4, 0.5) is 11.4 Å². The topological polar surface area (TPSA) is 46.9 Å². The van der Waals surface area contributed by atoms with E-state index in [4.69, 9.17) is 0 Å². The molecule has 0 fully saturated rings. The fraction of sp³-hybridized carbons (Fsp3) is 0.379. The molecule has 0 radical (unpaired) electrons. The summed E-state index contributed by atoms with van der Waals surface area (Å²) in [5, 5.41) is 18.8. The molecule has 0 aliphatic carbocycles. The lowest BCUT2D eigenvalue weighted by molar-refractivity contribution is 0.302. The van der Waals surface area contributed by atoms with E-state index in [0.29, 0.717) is 13.1 Å². The average Bonchev–Trinajstić information content (AvgIpc) is 2.81. The molecule has 4 heteroatoms. The van der Waals surface area contributed by atoms with E-state index < -0.39 is 0 Å². The number of aliphatic hydroxyl groups excluding tert-OH is 2. The first-order valence-electron chi connectivity index (χ1n) is 12.0. The van der Waals surface area contributed by atoms with Crippen molar-refractivity contribution < 1.29 is 10.2 Å². The van der Waals surface area contributed by atoms with Crippen LogP contribution in [0.15, 0.2) is 54.6 Å². The van der Waals surface area contributed by atoms with E-state index in [9.17, 15) is 10.2 Å². The normalized spacial score (nSPS) is 11.0. The van der Waals surface area contributed by atoms with Gasteiger partial charge in [0, 0.05) is 37.6 Å². The van der Waals surface area contributed by atoms with Gasteiger partial charge in [-0.25, -0.2) is 0 Å². The zero-order chi connectivity index (χ0) is 24.0. The SMILES string of the molecule is CCN(CCO)c1ccc(-c2cccc(C)c2-c2ccc(N(CC)CCO)cc2C)c(C)c1. The van der Waals surface area contributed by atoms with Crippen molar-refractivity contribution in [1.29, 1.82) is 0 Å². The molecule has 0 bridgehead atoms. The number of aliphatic hydroxyl groups is 2. The van der Waals surface area contributed by atoms with Crippen molar-refractivity contribution in [3.63, 3.8) is 0 Å². The molecule has 0 saturated carbocycles. The van der Waals surface area contributed by atoms with Gasteiger partial charge >= 0.3 is 0 Å². The van der Waals surface area contributed by atoms with Gasteiger partial charge in [-0.2, -0.15) is 0 Å². The number of nitrogens with zero attached hydrogens (tertiary/aromatic N) is 2. The van der Waals surface area contributed by atoms with Crippen LogP contribution < -0.4 is 9.80 Å². The smallest absolute Gasteiger partial charge is 0.0606 e. The Kier molecular flexibility index (Phi) is 8.54. The highest BCUT2D eigenvalue weighted by atomic mass is 16.3. The van der Waals surface area contributed by atoms with Crippen LogP contribution in [0.3, 0.4) is 0 Å². The number of aryl methyl sites for hydroxylation is 3. The maximum absolute atomic E-state index is 9.40. The minimum atomic E-state index is 0.152. The summed E-state index contributed by atoms with van der Waals surface area (Å²) in [6, 6.07) is 19.8. The molecular formula is C29H38N2O2. The lowest BCUT2D eigenvalue weighted by atomic mass is 9.87. The van der Waals surface area contributed by atoms with Gasteiger partial charge in [0.2, 0.25) is 0 Å². The van der Waals surface area contributed by atoms with E-state index in [-0.39, 0.29) is 13.2 Å². The Labute approximate surface area is 199 Å². The molecule has 0 amide bonds. The van der Waals surface area contributed by atoms with Gasteiger partial charge in [0.25, 0.3) is 0 Å². The Hall–Kier alpha value is -2.82. The zero-order valence-electron chi connectivity index (χ0n) is 20.7. The number of hydrogen-bond acceptors (Lipinski definition) is 4. The predicted molar refractivity (Wildman–Crippen MR) is 141 cm³/mol. The first kappa shape index (κ1) is 24.8. The molecule has 0 aromatic heterocycles. The third-order valence-electron chi connectivity index (χ3n) is 6.49. The summed E-state index contributed by atoms with van der Waals surface area (Å²) in [4.78, 5) is 4.40. The summed E-state index contributed by atoms with van der Waals surface area (Å²) in [6.07, 6.45) is 0. The average molecular weight is 447 g/mol. The highest BCUT2D eigenvalue weighted by Gasteiger charge is 2.16. The monoisotopic (exact) mass is 446 g/mol. The van der Waals surface area contributed by atoms with Gasteiger partial charge in [0.1, 0.15) is 0 Å². The lowest BCUT2D eigenvalue weighted by Crippen LogP contribution is -2.26. The fourth-order valence-electron chi connectivity index (χ4n) is 4.70. The number of hydrogen-bond donors (Lipinski definition) is 2. The Morgan fingerprint density at radius 3 is 1.58 bits per heavy atom. The molecule has 0 unspecified atom stereocenters. The van der Waals surface area contributed by atoms with Crippen LogP contribution in [0.1, 0.15) is 30.5 Å². The Morgan fingerprint density at radius 2 is 1.12 bits per heavy atom. The van der Waals surface area contributed by atoms with Gasteiger partial charge in [0.15, 0.2) is 0 Å². The molecule has 0 spiro atoms. The number of benzene rings is 3. The van der Waals surface area contributed by atoms with E-state index >= 15 is 0 Å². The third kappa shape index (κ3) is 5.40. The van der Waals surface area contributed by atoms with Crippen molar-refractivity contribution in [2.45, 2.75) is 34.6 Å². The first-order chi connectivity index (χ1) is 15.9. The summed E-state index contributed by atoms with van der Waals surface area (Å²) < 4.78 is 0. The molecule has 176 valence electrons. The van der Waals surface area contributed by atoms with Crippen molar-refractivity contribution in [3.8, 4) is 22.3 Å². The molecule has 0 aliphatic heterocycles. The molecule has 3 rings (SSSR count). The molecule has 0 heterocycles. The highest BCUT2D eigenvalue weighted by Crippen LogP contribution is 2.39. The minimum Gasteiger partial charge on any atom is -0.395 e. The second-order valence-corrected chi connectivity index (χ2v) is 8.60. The molecule has 0 atom stereocenters. The predicted octanol–water partition coefficient (Wildman–Crippen LogP) is 5.58. The third-order valence-corrected chi connectivity index (χ3v) is 6.49. The Bertz CT molecular complexity index is 1080. The maximum Gasteiger partial charge on any atom is 0.0606 e. The highest BCUT2D eigenvalue weighted by molar-refractivity contribution is 5.89. The van der Waals surface area contributed by atoms with Gasteiger partial charge in [-0.1, -0.05) is 30.3 Å². The van der Waals surface area contributed by atoms with Crippen molar-refractivity contribution in [2.24, 2.45) is 0 Å². The summed E-state index contributed by atoms with van der Waals surface area (Å²) in [7, 11) is 0. The summed E-state index contributed by atoms with van der Waals surface area (Å²) in [5.41, 5.74) is 11.0. The summed E-state index contributed by atoms with van der Waals surface area (Å²) in [5.74, 6) is 0. The van der Waals surface area contributed by atoms with E-state index in [1.165, 1.54) is 38.9 Å². The van der Waals surface area contributed by atoms with Gasteiger partial charge < -0.3 is 20.0 Å². The Balaban J connectivity index is 2.08. The fourth-order valence-corrected chi connectivity index (χ4v) is 4.70. The number of rotatable bonds is 10. The number of anilines is 2. The van der Waals surface area contributed by atoms with Crippen molar-refractivity contribution >= 4 is 11.4 Å². The largest absolute Gasteiger partial charge is 0.395 e. The van der Waals surface area contributed by atoms with E-state index in [1.54, 1.807) is 0 Å². The van der Waals surface area contributed by atoms with E-state index in [2.05, 4.69) is 99.0 Å². The quantitative estimate of drug-likeness (QED) is 0.427. The van der Waals surface area contributed by atoms with Crippen LogP contribution >= 0.6 is 0 Å². The molecule has 0 aliphatic rings. The van der Waals surface area contributed by atoms with Crippen LogP contribution in [-0.4, -0.2) is 49.6 Å². The van der Waals surface area contributed by atoms with Gasteiger partial charge in [-0.3, -0.25) is 0 Å². The molecule has 3 aromatic rings. The molecular weight excluding hydrogens is 408 g/mol.